The average Bonchev–Trinajstić information content (AvgIpc) is 2.32. The third-order valence-corrected chi connectivity index (χ3v) is 19.3. The number of hydrogen-bond donors (Lipinski definition) is 4. The van der Waals surface area contributed by atoms with Crippen LogP contribution in [0.2, 0.25) is 5.02 Å². The van der Waals surface area contributed by atoms with Gasteiger partial charge >= 0.3 is 0 Å². The molecule has 89 heavy (non-hydrogen) atoms. The van der Waals surface area contributed by atoms with Crippen molar-refractivity contribution in [2.75, 3.05) is 62.6 Å². The Labute approximate surface area is 521 Å². The number of ether oxygens (including phenoxy) is 1. The number of carbonyl (C=O) groups excluding carboxylic acids is 4. The van der Waals surface area contributed by atoms with Gasteiger partial charge in [0.15, 0.2) is 0 Å². The van der Waals surface area contributed by atoms with Crippen LogP contribution < -0.4 is 25.0 Å². The summed E-state index contributed by atoms with van der Waals surface area (Å²) >= 11 is 6.28. The summed E-state index contributed by atoms with van der Waals surface area (Å²) in [5.41, 5.74) is 8.46. The number of piperazine rings is 1. The van der Waals surface area contributed by atoms with Gasteiger partial charge < -0.3 is 24.8 Å². The average molecular weight is 1240 g/mol. The SMILES string of the molecule is CC1(C)CCC(CN2CCN(c3ccc(C(=O)NS(=O)(=O)c4ccc(NCC5CCN(Cc6cnn(CCC#Cc7cccc8c7CN(C7CCC(=O)NC7=O)C8=O)c6)CC5)c([N+](=O)[O-])c4)c(Oc4cnc5[nH]ccc5c4)c3)CC2)=C(c2ccc(Cl)cc2)C1. The molecule has 3 fully saturated rings. The van der Waals surface area contributed by atoms with Crippen LogP contribution in [-0.4, -0.2) is 130 Å². The molecular weight excluding hydrogens is 1170 g/mol. The van der Waals surface area contributed by atoms with Crippen LogP contribution in [0, 0.1) is 33.3 Å². The molecule has 0 radical (unpaired) electrons. The number of pyridine rings is 1. The Morgan fingerprint density at radius 3 is 2.49 bits per heavy atom. The number of nitro benzene ring substituents is 1. The van der Waals surface area contributed by atoms with Crippen molar-refractivity contribution in [2.45, 2.75) is 95.8 Å². The maximum absolute atomic E-state index is 14.2. The quantitative estimate of drug-likeness (QED) is 0.0270. The first-order chi connectivity index (χ1) is 42.9. The minimum Gasteiger partial charge on any atom is -0.455 e. The number of anilines is 2. The molecule has 0 saturated carbocycles. The van der Waals surface area contributed by atoms with Crippen molar-refractivity contribution in [3.63, 3.8) is 0 Å². The van der Waals surface area contributed by atoms with E-state index in [9.17, 15) is 37.7 Å². The van der Waals surface area contributed by atoms with Crippen molar-refractivity contribution in [3.8, 4) is 23.3 Å². The fourth-order valence-electron chi connectivity index (χ4n) is 12.7. The van der Waals surface area contributed by atoms with E-state index in [2.05, 4.69) is 82.9 Å². The fraction of sp³-hybridized carbons (Fsp3) is 0.364. The highest BCUT2D eigenvalue weighted by Gasteiger charge is 2.40. The van der Waals surface area contributed by atoms with Gasteiger partial charge in [0.1, 0.15) is 28.9 Å². The Morgan fingerprint density at radius 2 is 1.71 bits per heavy atom. The molecule has 4 aliphatic heterocycles. The fourth-order valence-corrected chi connectivity index (χ4v) is 13.8. The molecule has 23 heteroatoms. The second kappa shape index (κ2) is 25.7. The molecule has 1 aliphatic carbocycles. The van der Waals surface area contributed by atoms with E-state index < -0.39 is 43.4 Å². The van der Waals surface area contributed by atoms with E-state index in [1.165, 1.54) is 39.9 Å². The molecule has 3 aromatic heterocycles. The van der Waals surface area contributed by atoms with Crippen molar-refractivity contribution in [1.29, 1.82) is 0 Å². The zero-order chi connectivity index (χ0) is 62.0. The van der Waals surface area contributed by atoms with Gasteiger partial charge in [0, 0.05) is 123 Å². The summed E-state index contributed by atoms with van der Waals surface area (Å²) in [5.74, 6) is 5.07. The highest BCUT2D eigenvalue weighted by molar-refractivity contribution is 7.90. The number of halogens is 1. The largest absolute Gasteiger partial charge is 0.455 e. The molecule has 12 rings (SSSR count). The van der Waals surface area contributed by atoms with E-state index in [0.29, 0.717) is 62.5 Å². The number of imide groups is 1. The molecule has 5 aliphatic rings. The van der Waals surface area contributed by atoms with Gasteiger partial charge in [-0.1, -0.05) is 61.1 Å². The smallest absolute Gasteiger partial charge is 0.293 e. The van der Waals surface area contributed by atoms with Gasteiger partial charge in [-0.15, -0.1) is 0 Å². The van der Waals surface area contributed by atoms with E-state index in [-0.39, 0.29) is 53.1 Å². The zero-order valence-electron chi connectivity index (χ0n) is 49.6. The number of rotatable bonds is 18. The number of nitrogens with one attached hydrogen (secondary N) is 4. The number of likely N-dealkylation sites (tertiary alicyclic amines) is 1. The lowest BCUT2D eigenvalue weighted by Crippen LogP contribution is -2.52. The first-order valence-corrected chi connectivity index (χ1v) is 32.0. The maximum Gasteiger partial charge on any atom is 0.293 e. The summed E-state index contributed by atoms with van der Waals surface area (Å²) in [4.78, 5) is 79.2. The molecule has 7 heterocycles. The molecule has 1 atom stereocenters. The van der Waals surface area contributed by atoms with E-state index >= 15 is 0 Å². The van der Waals surface area contributed by atoms with Gasteiger partial charge in [-0.2, -0.15) is 5.10 Å². The monoisotopic (exact) mass is 1240 g/mol. The Hall–Kier alpha value is -8.88. The number of hydrogen-bond acceptors (Lipinski definition) is 15. The number of amides is 4. The molecule has 4 N–H and O–H groups in total. The van der Waals surface area contributed by atoms with Crippen molar-refractivity contribution in [1.82, 2.24) is 44.5 Å². The highest BCUT2D eigenvalue weighted by atomic mass is 35.5. The van der Waals surface area contributed by atoms with Crippen LogP contribution in [0.4, 0.5) is 17.1 Å². The molecule has 4 amide bonds. The third kappa shape index (κ3) is 13.9. The van der Waals surface area contributed by atoms with E-state index in [4.69, 9.17) is 16.3 Å². The second-order valence-electron chi connectivity index (χ2n) is 24.4. The van der Waals surface area contributed by atoms with Crippen LogP contribution in [-0.2, 0) is 39.2 Å². The summed E-state index contributed by atoms with van der Waals surface area (Å²) < 4.78 is 38.4. The Balaban J connectivity index is 0.641. The Bertz CT molecular complexity index is 4120. The number of benzene rings is 4. The Kier molecular flexibility index (Phi) is 17.4. The lowest BCUT2D eigenvalue weighted by Gasteiger charge is -2.39. The van der Waals surface area contributed by atoms with E-state index in [0.717, 1.165) is 104 Å². The Morgan fingerprint density at radius 1 is 0.910 bits per heavy atom. The number of fused-ring (bicyclic) bond motifs is 2. The number of H-pyrrole nitrogens is 1. The number of piperidine rings is 2. The second-order valence-corrected chi connectivity index (χ2v) is 26.5. The van der Waals surface area contributed by atoms with Crippen molar-refractivity contribution < 1.29 is 37.3 Å². The number of nitro groups is 1. The molecule has 460 valence electrons. The molecule has 0 spiro atoms. The van der Waals surface area contributed by atoms with Gasteiger partial charge in [0.2, 0.25) is 11.8 Å². The van der Waals surface area contributed by atoms with Gasteiger partial charge in [-0.3, -0.25) is 49.1 Å². The summed E-state index contributed by atoms with van der Waals surface area (Å²) in [6, 6.07) is 25.1. The number of allylic oxidation sites excluding steroid dienone is 1. The molecular formula is C66H69ClN12O9S. The van der Waals surface area contributed by atoms with Crippen LogP contribution in [0.1, 0.15) is 108 Å². The predicted octanol–water partition coefficient (Wildman–Crippen LogP) is 9.54. The number of nitrogens with zero attached hydrogens (tertiary/aromatic N) is 8. The van der Waals surface area contributed by atoms with Gasteiger partial charge in [0.05, 0.1) is 34.3 Å². The summed E-state index contributed by atoms with van der Waals surface area (Å²) in [6.45, 7) is 12.1. The molecule has 3 saturated heterocycles. The van der Waals surface area contributed by atoms with Crippen LogP contribution in [0.25, 0.3) is 16.6 Å². The molecule has 4 aromatic carbocycles. The zero-order valence-corrected chi connectivity index (χ0v) is 51.2. The van der Waals surface area contributed by atoms with Gasteiger partial charge in [-0.25, -0.2) is 18.1 Å². The summed E-state index contributed by atoms with van der Waals surface area (Å²) in [7, 11) is -4.64. The number of sulfonamides is 1. The minimum absolute atomic E-state index is 0.0588. The topological polar surface area (TPSA) is 250 Å². The number of aryl methyl sites for hydroxylation is 1. The predicted molar refractivity (Wildman–Crippen MR) is 338 cm³/mol. The van der Waals surface area contributed by atoms with Gasteiger partial charge in [0.25, 0.3) is 27.5 Å². The highest BCUT2D eigenvalue weighted by Crippen LogP contribution is 2.44. The minimum atomic E-state index is -4.64. The number of aromatic amines is 1. The number of aromatic nitrogens is 4. The molecule has 1 unspecified atom stereocenters. The van der Waals surface area contributed by atoms with E-state index in [1.807, 2.05) is 41.3 Å². The maximum atomic E-state index is 14.2. The third-order valence-electron chi connectivity index (χ3n) is 17.7. The lowest BCUT2D eigenvalue weighted by atomic mass is 9.72. The van der Waals surface area contributed by atoms with E-state index in [1.54, 1.807) is 42.6 Å². The number of carbonyl (C=O) groups is 4. The summed E-state index contributed by atoms with van der Waals surface area (Å²) in [5, 5.41) is 24.1. The normalized spacial score (nSPS) is 18.4. The van der Waals surface area contributed by atoms with Crippen LogP contribution >= 0.6 is 11.6 Å². The summed E-state index contributed by atoms with van der Waals surface area (Å²) in [6.07, 6.45) is 12.9. The van der Waals surface area contributed by atoms with Crippen molar-refractivity contribution in [2.24, 2.45) is 11.3 Å². The standard InChI is InChI=1S/C66H69ClN12O9S/c1-66(2)23-19-48(55(35-66)46-9-11-49(67)12-10-46)41-75-28-30-76(31-29-75)50-13-15-54(60(33-50)88-51-32-47-20-24-68-62(47)70-38-51)63(81)73-89(86,87)52-14-16-57(59(34-52)79(84)85)69-36-43-21-26-74(27-22-43)39-44-37-71-77(40-44)25-4-3-6-45-7-5-8-53-56(45)42-78(65(53)83)58-17-18-61(80)72-64(58)82/h5,7-16,20,24,32-34,37-38,40,43,58,69H,4,17-19,21-23,25-31,35-36,39,41-42H2,1-2H3,(H,68,70)(H,73,81)(H,72,80,82). The van der Waals surface area contributed by atoms with Crippen LogP contribution in [0.5, 0.6) is 11.5 Å². The van der Waals surface area contributed by atoms with Crippen molar-refractivity contribution in [3.05, 3.63) is 170 Å². The van der Waals surface area contributed by atoms with Gasteiger partial charge in [-0.05, 0) is 140 Å². The first kappa shape index (κ1) is 60.4. The molecule has 0 bridgehead atoms. The molecule has 21 nitrogen and oxygen atoms in total. The first-order valence-electron chi connectivity index (χ1n) is 30.2. The molecule has 7 aromatic rings. The van der Waals surface area contributed by atoms with Crippen LogP contribution in [0.15, 0.2) is 126 Å². The van der Waals surface area contributed by atoms with Crippen molar-refractivity contribution >= 4 is 78.9 Å². The van der Waals surface area contributed by atoms with Crippen LogP contribution in [0.3, 0.4) is 0 Å². The lowest BCUT2D eigenvalue weighted by molar-refractivity contribution is -0.384.